The monoisotopic (exact) mass is 298 g/mol. The normalized spacial score (nSPS) is 27.2. The van der Waals surface area contributed by atoms with E-state index in [2.05, 4.69) is 5.32 Å². The average molecular weight is 298 g/mol. The van der Waals surface area contributed by atoms with E-state index in [4.69, 9.17) is 9.47 Å². The lowest BCUT2D eigenvalue weighted by molar-refractivity contribution is -0.147. The molecule has 6 nitrogen and oxygen atoms in total. The minimum absolute atomic E-state index is 0.130. The topological polar surface area (TPSA) is 67.9 Å². The Hall–Kier alpha value is -1.30. The van der Waals surface area contributed by atoms with Crippen molar-refractivity contribution >= 4 is 12.1 Å². The van der Waals surface area contributed by atoms with Crippen LogP contribution in [-0.2, 0) is 14.3 Å². The van der Waals surface area contributed by atoms with Gasteiger partial charge in [-0.05, 0) is 19.3 Å². The Kier molecular flexibility index (Phi) is 5.85. The van der Waals surface area contributed by atoms with Gasteiger partial charge in [0.1, 0.15) is 0 Å². The molecule has 1 N–H and O–H groups in total. The first-order valence-electron chi connectivity index (χ1n) is 7.80. The molecule has 0 spiro atoms. The van der Waals surface area contributed by atoms with E-state index in [9.17, 15) is 9.59 Å². The number of nitrogens with zero attached hydrogens (tertiary/aromatic N) is 1. The van der Waals surface area contributed by atoms with Crippen LogP contribution in [0.25, 0.3) is 0 Å². The van der Waals surface area contributed by atoms with Crippen LogP contribution < -0.4 is 5.32 Å². The Labute approximate surface area is 126 Å². The molecule has 0 aromatic carbocycles. The molecule has 0 aromatic rings. The summed E-state index contributed by atoms with van der Waals surface area (Å²) in [5.74, 6) is -0.525. The van der Waals surface area contributed by atoms with Crippen LogP contribution in [0.1, 0.15) is 38.5 Å². The van der Waals surface area contributed by atoms with Crippen molar-refractivity contribution in [2.24, 2.45) is 5.92 Å². The molecule has 2 unspecified atom stereocenters. The van der Waals surface area contributed by atoms with E-state index in [1.54, 1.807) is 4.90 Å². The summed E-state index contributed by atoms with van der Waals surface area (Å²) in [7, 11) is 2.76. The van der Waals surface area contributed by atoms with Gasteiger partial charge in [-0.15, -0.1) is 0 Å². The number of esters is 1. The molecule has 1 aliphatic heterocycles. The third kappa shape index (κ3) is 4.33. The van der Waals surface area contributed by atoms with Gasteiger partial charge in [0.25, 0.3) is 0 Å². The van der Waals surface area contributed by atoms with Crippen LogP contribution in [0.4, 0.5) is 4.79 Å². The number of amides is 1. The maximum absolute atomic E-state index is 11.8. The molecular weight excluding hydrogens is 272 g/mol. The van der Waals surface area contributed by atoms with Crippen molar-refractivity contribution in [3.63, 3.8) is 0 Å². The second-order valence-electron chi connectivity index (χ2n) is 6.03. The molecule has 21 heavy (non-hydrogen) atoms. The third-order valence-electron chi connectivity index (χ3n) is 4.49. The number of likely N-dealkylation sites (tertiary alicyclic amines) is 1. The maximum atomic E-state index is 11.8. The lowest BCUT2D eigenvalue weighted by atomic mass is 9.91. The molecule has 1 aliphatic carbocycles. The van der Waals surface area contributed by atoms with Gasteiger partial charge < -0.3 is 19.7 Å². The van der Waals surface area contributed by atoms with Crippen molar-refractivity contribution in [3.8, 4) is 0 Å². The predicted molar refractivity (Wildman–Crippen MR) is 77.9 cm³/mol. The van der Waals surface area contributed by atoms with Gasteiger partial charge in [-0.1, -0.05) is 19.3 Å². The summed E-state index contributed by atoms with van der Waals surface area (Å²) >= 11 is 0. The van der Waals surface area contributed by atoms with E-state index in [0.717, 1.165) is 6.42 Å². The number of carbonyl (C=O) groups is 2. The molecule has 1 saturated heterocycles. The van der Waals surface area contributed by atoms with Crippen molar-refractivity contribution in [2.75, 3.05) is 27.3 Å². The van der Waals surface area contributed by atoms with Crippen molar-refractivity contribution < 1.29 is 19.1 Å². The summed E-state index contributed by atoms with van der Waals surface area (Å²) in [4.78, 5) is 25.2. The molecule has 0 radical (unpaired) electrons. The molecular formula is C15H26N2O4. The highest BCUT2D eigenvalue weighted by molar-refractivity contribution is 5.74. The van der Waals surface area contributed by atoms with Crippen LogP contribution in [-0.4, -0.2) is 56.4 Å². The van der Waals surface area contributed by atoms with Gasteiger partial charge in [0, 0.05) is 25.2 Å². The van der Waals surface area contributed by atoms with Crippen LogP contribution in [0.2, 0.25) is 0 Å². The standard InChI is InChI=1S/C15H26N2O4/c1-20-14(18)11-8-13(10-17(9-11)15(19)21-2)16-12-6-4-3-5-7-12/h11-13,16H,3-10H2,1-2H3. The van der Waals surface area contributed by atoms with Crippen LogP contribution in [0.3, 0.4) is 0 Å². The summed E-state index contributed by atoms with van der Waals surface area (Å²) < 4.78 is 9.64. The molecule has 1 amide bonds. The van der Waals surface area contributed by atoms with Gasteiger partial charge in [0.15, 0.2) is 0 Å². The largest absolute Gasteiger partial charge is 0.469 e. The first-order chi connectivity index (χ1) is 10.1. The number of hydrogen-bond donors (Lipinski definition) is 1. The van der Waals surface area contributed by atoms with Gasteiger partial charge >= 0.3 is 12.1 Å². The summed E-state index contributed by atoms with van der Waals surface area (Å²) in [5, 5.41) is 3.62. The number of ether oxygens (including phenoxy) is 2. The van der Waals surface area contributed by atoms with E-state index in [-0.39, 0.29) is 24.0 Å². The Morgan fingerprint density at radius 3 is 2.33 bits per heavy atom. The highest BCUT2D eigenvalue weighted by Crippen LogP contribution is 2.23. The van der Waals surface area contributed by atoms with E-state index in [1.807, 2.05) is 0 Å². The number of carbonyl (C=O) groups excluding carboxylic acids is 2. The van der Waals surface area contributed by atoms with Crippen molar-refractivity contribution in [2.45, 2.75) is 50.6 Å². The fourth-order valence-corrected chi connectivity index (χ4v) is 3.44. The molecule has 120 valence electrons. The smallest absolute Gasteiger partial charge is 0.409 e. The maximum Gasteiger partial charge on any atom is 0.409 e. The Morgan fingerprint density at radius 2 is 1.71 bits per heavy atom. The van der Waals surface area contributed by atoms with Gasteiger partial charge in [-0.25, -0.2) is 4.79 Å². The van der Waals surface area contributed by atoms with Crippen molar-refractivity contribution in [3.05, 3.63) is 0 Å². The molecule has 1 saturated carbocycles. The molecule has 2 rings (SSSR count). The second kappa shape index (κ2) is 7.64. The molecule has 1 heterocycles. The number of hydrogen-bond acceptors (Lipinski definition) is 5. The highest BCUT2D eigenvalue weighted by Gasteiger charge is 2.35. The Bertz CT molecular complexity index is 345. The van der Waals surface area contributed by atoms with Gasteiger partial charge in [0.2, 0.25) is 0 Å². The zero-order valence-electron chi connectivity index (χ0n) is 13.0. The zero-order chi connectivity index (χ0) is 15.2. The lowest BCUT2D eigenvalue weighted by Crippen LogP contribution is -2.55. The van der Waals surface area contributed by atoms with E-state index >= 15 is 0 Å². The average Bonchev–Trinajstić information content (AvgIpc) is 2.53. The summed E-state index contributed by atoms with van der Waals surface area (Å²) in [5.41, 5.74) is 0. The van der Waals surface area contributed by atoms with Gasteiger partial charge in [-0.2, -0.15) is 0 Å². The van der Waals surface area contributed by atoms with E-state index in [1.165, 1.54) is 46.3 Å². The van der Waals surface area contributed by atoms with Gasteiger partial charge in [-0.3, -0.25) is 4.79 Å². The van der Waals surface area contributed by atoms with Crippen LogP contribution in [0.15, 0.2) is 0 Å². The fourth-order valence-electron chi connectivity index (χ4n) is 3.44. The summed E-state index contributed by atoms with van der Waals surface area (Å²) in [6, 6.07) is 0.629. The van der Waals surface area contributed by atoms with Crippen LogP contribution in [0.5, 0.6) is 0 Å². The van der Waals surface area contributed by atoms with Crippen LogP contribution >= 0.6 is 0 Å². The summed E-state index contributed by atoms with van der Waals surface area (Å²) in [6.07, 6.45) is 6.52. The first kappa shape index (κ1) is 16.1. The zero-order valence-corrected chi connectivity index (χ0v) is 13.0. The molecule has 2 aliphatic rings. The number of methoxy groups -OCH3 is 2. The second-order valence-corrected chi connectivity index (χ2v) is 6.03. The lowest BCUT2D eigenvalue weighted by Gasteiger charge is -2.38. The quantitative estimate of drug-likeness (QED) is 0.801. The molecule has 2 atom stereocenters. The molecule has 0 aromatic heterocycles. The molecule has 0 bridgehead atoms. The van der Waals surface area contributed by atoms with E-state index in [0.29, 0.717) is 19.1 Å². The van der Waals surface area contributed by atoms with E-state index < -0.39 is 0 Å². The van der Waals surface area contributed by atoms with Crippen molar-refractivity contribution in [1.29, 1.82) is 0 Å². The third-order valence-corrected chi connectivity index (χ3v) is 4.49. The molecule has 6 heteroatoms. The predicted octanol–water partition coefficient (Wildman–Crippen LogP) is 1.54. The number of piperidine rings is 1. The molecule has 2 fully saturated rings. The number of rotatable bonds is 3. The van der Waals surface area contributed by atoms with Crippen LogP contribution in [0, 0.1) is 5.92 Å². The number of nitrogens with one attached hydrogen (secondary N) is 1. The minimum Gasteiger partial charge on any atom is -0.469 e. The Morgan fingerprint density at radius 1 is 1.00 bits per heavy atom. The fraction of sp³-hybridized carbons (Fsp3) is 0.867. The highest BCUT2D eigenvalue weighted by atomic mass is 16.5. The first-order valence-corrected chi connectivity index (χ1v) is 7.80. The summed E-state index contributed by atoms with van der Waals surface area (Å²) in [6.45, 7) is 0.971. The minimum atomic E-state index is -0.376. The van der Waals surface area contributed by atoms with Gasteiger partial charge in [0.05, 0.1) is 20.1 Å². The van der Waals surface area contributed by atoms with Crippen molar-refractivity contribution in [1.82, 2.24) is 10.2 Å². The Balaban J connectivity index is 1.97. The SMILES string of the molecule is COC(=O)C1CC(NC2CCCCC2)CN(C(=O)OC)C1.